The molecule has 0 fully saturated rings. The van der Waals surface area contributed by atoms with E-state index in [4.69, 9.17) is 11.6 Å². The summed E-state index contributed by atoms with van der Waals surface area (Å²) in [5.74, 6) is 0.140. The van der Waals surface area contributed by atoms with E-state index in [2.05, 4.69) is 15.5 Å². The van der Waals surface area contributed by atoms with E-state index in [1.165, 1.54) is 17.8 Å². The Balaban J connectivity index is 2.18. The lowest BCUT2D eigenvalue weighted by molar-refractivity contribution is -0.113. The number of amides is 1. The van der Waals surface area contributed by atoms with E-state index in [0.717, 1.165) is 11.3 Å². The van der Waals surface area contributed by atoms with Crippen LogP contribution >= 0.6 is 23.4 Å². The van der Waals surface area contributed by atoms with Crippen molar-refractivity contribution in [1.82, 2.24) is 10.2 Å². The van der Waals surface area contributed by atoms with Crippen molar-refractivity contribution in [2.24, 2.45) is 0 Å². The highest BCUT2D eigenvalue weighted by atomic mass is 35.5. The van der Waals surface area contributed by atoms with Gasteiger partial charge in [0, 0.05) is 21.8 Å². The topological polar surface area (TPSA) is 57.8 Å². The Morgan fingerprint density at radius 2 is 2.25 bits per heavy atom. The molecule has 20 heavy (non-hydrogen) atoms. The minimum absolute atomic E-state index is 0.155. The predicted molar refractivity (Wildman–Crippen MR) is 77.7 cm³/mol. The third-order valence-corrected chi connectivity index (χ3v) is 4.72. The Labute approximate surface area is 124 Å². The van der Waals surface area contributed by atoms with Crippen LogP contribution in [0.3, 0.4) is 0 Å². The van der Waals surface area contributed by atoms with Crippen LogP contribution in [0.15, 0.2) is 18.2 Å². The first-order chi connectivity index (χ1) is 9.58. The van der Waals surface area contributed by atoms with E-state index in [-0.39, 0.29) is 22.7 Å². The molecule has 7 heteroatoms. The first kappa shape index (κ1) is 13.5. The minimum atomic E-state index is -0.379. The second kappa shape index (κ2) is 5.10. The molecule has 2 N–H and O–H groups in total. The molecule has 1 aromatic heterocycles. The summed E-state index contributed by atoms with van der Waals surface area (Å²) in [7, 11) is 0. The van der Waals surface area contributed by atoms with Crippen LogP contribution in [0.1, 0.15) is 22.1 Å². The number of benzene rings is 1. The van der Waals surface area contributed by atoms with Crippen molar-refractivity contribution in [3.8, 4) is 0 Å². The van der Waals surface area contributed by atoms with E-state index in [9.17, 15) is 9.18 Å². The summed E-state index contributed by atoms with van der Waals surface area (Å²) in [6.45, 7) is 1.84. The Bertz CT molecular complexity index is 668. The van der Waals surface area contributed by atoms with E-state index in [0.29, 0.717) is 16.4 Å². The Morgan fingerprint density at radius 3 is 3.00 bits per heavy atom. The number of nitrogens with one attached hydrogen (secondary N) is 2. The number of fused-ring (bicyclic) bond motifs is 1. The maximum absolute atomic E-state index is 14.2. The quantitative estimate of drug-likeness (QED) is 0.849. The first-order valence-corrected chi connectivity index (χ1v) is 7.41. The van der Waals surface area contributed by atoms with Gasteiger partial charge in [-0.05, 0) is 19.1 Å². The van der Waals surface area contributed by atoms with Gasteiger partial charge in [-0.1, -0.05) is 17.7 Å². The van der Waals surface area contributed by atoms with Crippen molar-refractivity contribution in [3.63, 3.8) is 0 Å². The number of aromatic nitrogens is 2. The molecule has 1 aliphatic rings. The number of aromatic amines is 1. The maximum Gasteiger partial charge on any atom is 0.235 e. The van der Waals surface area contributed by atoms with Crippen LogP contribution in [0, 0.1) is 12.7 Å². The van der Waals surface area contributed by atoms with Gasteiger partial charge in [-0.15, -0.1) is 11.8 Å². The molecule has 0 bridgehead atoms. The fourth-order valence-corrected chi connectivity index (χ4v) is 3.84. The Hall–Kier alpha value is -1.53. The van der Waals surface area contributed by atoms with Gasteiger partial charge >= 0.3 is 0 Å². The fraction of sp³-hybridized carbons (Fsp3) is 0.231. The second-order valence-corrected chi connectivity index (χ2v) is 5.99. The zero-order valence-corrected chi connectivity index (χ0v) is 12.1. The lowest BCUT2D eigenvalue weighted by atomic mass is 10.0. The highest BCUT2D eigenvalue weighted by Gasteiger charge is 2.31. The number of halogens is 2. The average molecular weight is 312 g/mol. The van der Waals surface area contributed by atoms with Crippen LogP contribution in [0.5, 0.6) is 0 Å². The SMILES string of the molecule is Cc1[nH]nc2c1[C@H](c1c(F)cccc1Cl)SCC(=O)N2. The van der Waals surface area contributed by atoms with Crippen LogP contribution in [0.25, 0.3) is 0 Å². The zero-order chi connectivity index (χ0) is 14.3. The average Bonchev–Trinajstić information content (AvgIpc) is 2.65. The largest absolute Gasteiger partial charge is 0.308 e. The molecule has 4 nitrogen and oxygen atoms in total. The molecule has 1 amide bonds. The lowest BCUT2D eigenvalue weighted by Crippen LogP contribution is -2.12. The van der Waals surface area contributed by atoms with Crippen molar-refractivity contribution >= 4 is 35.1 Å². The molecule has 0 saturated carbocycles. The van der Waals surface area contributed by atoms with Crippen LogP contribution < -0.4 is 5.32 Å². The number of rotatable bonds is 1. The number of aryl methyl sites for hydroxylation is 1. The smallest absolute Gasteiger partial charge is 0.235 e. The van der Waals surface area contributed by atoms with Crippen LogP contribution in [-0.4, -0.2) is 21.9 Å². The van der Waals surface area contributed by atoms with Gasteiger partial charge in [-0.3, -0.25) is 9.89 Å². The summed E-state index contributed by atoms with van der Waals surface area (Å²) in [6.07, 6.45) is 0. The van der Waals surface area contributed by atoms with Crippen molar-refractivity contribution in [3.05, 3.63) is 45.9 Å². The highest BCUT2D eigenvalue weighted by molar-refractivity contribution is 8.00. The maximum atomic E-state index is 14.2. The second-order valence-electron chi connectivity index (χ2n) is 4.49. The monoisotopic (exact) mass is 311 g/mol. The minimum Gasteiger partial charge on any atom is -0.308 e. The molecule has 1 atom stereocenters. The van der Waals surface area contributed by atoms with E-state index in [1.807, 2.05) is 6.92 Å². The highest BCUT2D eigenvalue weighted by Crippen LogP contribution is 2.45. The van der Waals surface area contributed by atoms with Crippen LogP contribution in [0.2, 0.25) is 5.02 Å². The molecule has 0 unspecified atom stereocenters. The van der Waals surface area contributed by atoms with E-state index >= 15 is 0 Å². The molecule has 0 radical (unpaired) electrons. The van der Waals surface area contributed by atoms with Crippen molar-refractivity contribution in [2.45, 2.75) is 12.2 Å². The molecule has 1 aliphatic heterocycles. The fourth-order valence-electron chi connectivity index (χ4n) is 2.25. The number of nitrogens with zero attached hydrogens (tertiary/aromatic N) is 1. The summed E-state index contributed by atoms with van der Waals surface area (Å²) in [5.41, 5.74) is 1.95. The standard InChI is InChI=1S/C13H11ClFN3OS/c1-6-10-12(11-7(14)3-2-4-8(11)15)20-5-9(19)16-13(10)18-17-6/h2-4,12H,5H2,1H3,(H2,16,17,18,19)/t12-/m1/s1. The number of carbonyl (C=O) groups is 1. The normalized spacial score (nSPS) is 18.4. The van der Waals surface area contributed by atoms with Gasteiger partial charge in [-0.2, -0.15) is 5.10 Å². The van der Waals surface area contributed by atoms with E-state index in [1.54, 1.807) is 12.1 Å². The number of H-pyrrole nitrogens is 1. The molecule has 0 spiro atoms. The Morgan fingerprint density at radius 1 is 1.45 bits per heavy atom. The number of anilines is 1. The van der Waals surface area contributed by atoms with Gasteiger partial charge in [0.25, 0.3) is 0 Å². The summed E-state index contributed by atoms with van der Waals surface area (Å²) < 4.78 is 14.2. The third kappa shape index (κ3) is 2.19. The van der Waals surface area contributed by atoms with Gasteiger partial charge in [0.1, 0.15) is 5.82 Å². The summed E-state index contributed by atoms with van der Waals surface area (Å²) in [6, 6.07) is 4.59. The van der Waals surface area contributed by atoms with Crippen molar-refractivity contribution < 1.29 is 9.18 Å². The van der Waals surface area contributed by atoms with Gasteiger partial charge in [-0.25, -0.2) is 4.39 Å². The number of hydrogen-bond donors (Lipinski definition) is 2. The summed E-state index contributed by atoms with van der Waals surface area (Å²) >= 11 is 7.49. The molecule has 1 aromatic carbocycles. The third-order valence-electron chi connectivity index (χ3n) is 3.16. The first-order valence-electron chi connectivity index (χ1n) is 5.98. The van der Waals surface area contributed by atoms with Crippen molar-refractivity contribution in [1.29, 1.82) is 0 Å². The zero-order valence-electron chi connectivity index (χ0n) is 10.5. The predicted octanol–water partition coefficient (Wildman–Crippen LogP) is 3.29. The number of thioether (sulfide) groups is 1. The molecular weight excluding hydrogens is 301 g/mol. The van der Waals surface area contributed by atoms with Gasteiger partial charge in [0.2, 0.25) is 5.91 Å². The molecular formula is C13H11ClFN3OS. The summed E-state index contributed by atoms with van der Waals surface area (Å²) in [4.78, 5) is 11.7. The molecule has 0 saturated heterocycles. The summed E-state index contributed by atoms with van der Waals surface area (Å²) in [5, 5.41) is 9.59. The molecule has 2 heterocycles. The van der Waals surface area contributed by atoms with Crippen molar-refractivity contribution in [2.75, 3.05) is 11.1 Å². The van der Waals surface area contributed by atoms with Crippen LogP contribution in [-0.2, 0) is 4.79 Å². The van der Waals surface area contributed by atoms with Crippen LogP contribution in [0.4, 0.5) is 10.2 Å². The number of carbonyl (C=O) groups excluding carboxylic acids is 1. The number of hydrogen-bond acceptors (Lipinski definition) is 3. The molecule has 3 rings (SSSR count). The van der Waals surface area contributed by atoms with Gasteiger partial charge in [0.15, 0.2) is 5.82 Å². The molecule has 2 aromatic rings. The van der Waals surface area contributed by atoms with E-state index < -0.39 is 0 Å². The molecule has 104 valence electrons. The Kier molecular flexibility index (Phi) is 3.43. The van der Waals surface area contributed by atoms with Gasteiger partial charge in [0.05, 0.1) is 11.0 Å². The molecule has 0 aliphatic carbocycles. The lowest BCUT2D eigenvalue weighted by Gasteiger charge is -2.17. The van der Waals surface area contributed by atoms with Gasteiger partial charge < -0.3 is 5.32 Å².